The van der Waals surface area contributed by atoms with Crippen LogP contribution in [0.5, 0.6) is 0 Å². The molecule has 5 heteroatoms. The summed E-state index contributed by atoms with van der Waals surface area (Å²) in [7, 11) is 1.59. The minimum absolute atomic E-state index is 0.0578. The first-order chi connectivity index (χ1) is 10.1. The molecule has 0 aliphatic heterocycles. The number of hydrogen-bond acceptors (Lipinski definition) is 2. The number of carbonyl (C=O) groups excluding carboxylic acids is 1. The predicted molar refractivity (Wildman–Crippen MR) is 77.9 cm³/mol. The minimum atomic E-state index is -0.464. The second kappa shape index (κ2) is 6.83. The number of halogens is 2. The average Bonchev–Trinajstić information content (AvgIpc) is 2.49. The molecule has 0 bridgehead atoms. The Hall–Kier alpha value is -2.43. The quantitative estimate of drug-likeness (QED) is 0.889. The van der Waals surface area contributed by atoms with E-state index in [0.29, 0.717) is 6.42 Å². The third-order valence-corrected chi connectivity index (χ3v) is 3.09. The fourth-order valence-corrected chi connectivity index (χ4v) is 1.89. The number of anilines is 1. The van der Waals surface area contributed by atoms with E-state index in [4.69, 9.17) is 0 Å². The average molecular weight is 290 g/mol. The molecule has 2 rings (SSSR count). The summed E-state index contributed by atoms with van der Waals surface area (Å²) in [6.07, 6.45) is 0.315. The first-order valence-corrected chi connectivity index (χ1v) is 6.56. The molecular formula is C16H16F2N2O. The Morgan fingerprint density at radius 3 is 2.48 bits per heavy atom. The van der Waals surface area contributed by atoms with Crippen LogP contribution in [0.3, 0.4) is 0 Å². The molecular weight excluding hydrogens is 274 g/mol. The Morgan fingerprint density at radius 1 is 1.10 bits per heavy atom. The summed E-state index contributed by atoms with van der Waals surface area (Å²) in [5, 5.41) is 5.57. The standard InChI is InChI=1S/C16H16F2N2O/c1-19-16(21)8-11-2-5-14(6-3-11)20-10-12-9-13(17)4-7-15(12)18/h2-7,9,20H,8,10H2,1H3,(H,19,21). The maximum Gasteiger partial charge on any atom is 0.224 e. The zero-order chi connectivity index (χ0) is 15.2. The van der Waals surface area contributed by atoms with Crippen molar-refractivity contribution in [2.75, 3.05) is 12.4 Å². The monoisotopic (exact) mass is 290 g/mol. The Bertz CT molecular complexity index is 627. The molecule has 0 fully saturated rings. The first-order valence-electron chi connectivity index (χ1n) is 6.56. The van der Waals surface area contributed by atoms with E-state index < -0.39 is 11.6 Å². The smallest absolute Gasteiger partial charge is 0.224 e. The predicted octanol–water partition coefficient (Wildman–Crippen LogP) is 2.87. The Labute approximate surface area is 122 Å². The Morgan fingerprint density at radius 2 is 1.81 bits per heavy atom. The van der Waals surface area contributed by atoms with E-state index in [-0.39, 0.29) is 18.0 Å². The molecule has 0 unspecified atom stereocenters. The van der Waals surface area contributed by atoms with E-state index in [9.17, 15) is 13.6 Å². The van der Waals surface area contributed by atoms with Gasteiger partial charge in [0.25, 0.3) is 0 Å². The van der Waals surface area contributed by atoms with E-state index >= 15 is 0 Å². The highest BCUT2D eigenvalue weighted by molar-refractivity contribution is 5.78. The third kappa shape index (κ3) is 4.27. The van der Waals surface area contributed by atoms with E-state index in [2.05, 4.69) is 10.6 Å². The molecule has 2 aromatic rings. The van der Waals surface area contributed by atoms with Gasteiger partial charge in [0, 0.05) is 24.8 Å². The van der Waals surface area contributed by atoms with Gasteiger partial charge in [0.15, 0.2) is 0 Å². The first kappa shape index (κ1) is 15.0. The van der Waals surface area contributed by atoms with Gasteiger partial charge in [-0.1, -0.05) is 12.1 Å². The minimum Gasteiger partial charge on any atom is -0.381 e. The molecule has 0 heterocycles. The number of rotatable bonds is 5. The molecule has 0 aromatic heterocycles. The van der Waals surface area contributed by atoms with E-state index in [0.717, 1.165) is 23.4 Å². The number of amides is 1. The number of likely N-dealkylation sites (N-methyl/N-ethyl adjacent to an activating group) is 1. The third-order valence-electron chi connectivity index (χ3n) is 3.09. The van der Waals surface area contributed by atoms with Gasteiger partial charge in [-0.2, -0.15) is 0 Å². The van der Waals surface area contributed by atoms with E-state index in [1.807, 2.05) is 12.1 Å². The second-order valence-electron chi connectivity index (χ2n) is 4.64. The van der Waals surface area contributed by atoms with Crippen molar-refractivity contribution < 1.29 is 13.6 Å². The lowest BCUT2D eigenvalue weighted by Crippen LogP contribution is -2.19. The van der Waals surface area contributed by atoms with Crippen molar-refractivity contribution in [3.8, 4) is 0 Å². The van der Waals surface area contributed by atoms with Gasteiger partial charge in [0.1, 0.15) is 11.6 Å². The summed E-state index contributed by atoms with van der Waals surface area (Å²) in [6.45, 7) is 0.193. The van der Waals surface area contributed by atoms with Gasteiger partial charge in [0.05, 0.1) is 6.42 Å². The topological polar surface area (TPSA) is 41.1 Å². The van der Waals surface area contributed by atoms with Crippen molar-refractivity contribution in [3.05, 3.63) is 65.2 Å². The number of benzene rings is 2. The molecule has 110 valence electrons. The van der Waals surface area contributed by atoms with Gasteiger partial charge < -0.3 is 10.6 Å². The van der Waals surface area contributed by atoms with Crippen molar-refractivity contribution in [1.82, 2.24) is 5.32 Å². The van der Waals surface area contributed by atoms with E-state index in [1.54, 1.807) is 19.2 Å². The van der Waals surface area contributed by atoms with E-state index in [1.165, 1.54) is 6.07 Å². The fourth-order valence-electron chi connectivity index (χ4n) is 1.89. The molecule has 2 aromatic carbocycles. The van der Waals surface area contributed by atoms with Crippen molar-refractivity contribution in [2.24, 2.45) is 0 Å². The van der Waals surface area contributed by atoms with Crippen molar-refractivity contribution in [2.45, 2.75) is 13.0 Å². The molecule has 0 aliphatic carbocycles. The van der Waals surface area contributed by atoms with Crippen molar-refractivity contribution in [1.29, 1.82) is 0 Å². The summed E-state index contributed by atoms with van der Waals surface area (Å²) >= 11 is 0. The zero-order valence-corrected chi connectivity index (χ0v) is 11.6. The fraction of sp³-hybridized carbons (Fsp3) is 0.188. The SMILES string of the molecule is CNC(=O)Cc1ccc(NCc2cc(F)ccc2F)cc1. The highest BCUT2D eigenvalue weighted by Crippen LogP contribution is 2.14. The van der Waals surface area contributed by atoms with Crippen LogP contribution >= 0.6 is 0 Å². The van der Waals surface area contributed by atoms with Gasteiger partial charge in [-0.25, -0.2) is 8.78 Å². The molecule has 0 saturated carbocycles. The lowest BCUT2D eigenvalue weighted by Gasteiger charge is -2.08. The second-order valence-corrected chi connectivity index (χ2v) is 4.64. The summed E-state index contributed by atoms with van der Waals surface area (Å²) in [5.41, 5.74) is 1.93. The van der Waals surface area contributed by atoms with Crippen LogP contribution < -0.4 is 10.6 Å². The maximum absolute atomic E-state index is 13.5. The summed E-state index contributed by atoms with van der Waals surface area (Å²) in [4.78, 5) is 11.2. The Kier molecular flexibility index (Phi) is 4.87. The Balaban J connectivity index is 1.97. The van der Waals surface area contributed by atoms with Crippen LogP contribution in [0, 0.1) is 11.6 Å². The maximum atomic E-state index is 13.5. The molecule has 0 spiro atoms. The molecule has 0 saturated heterocycles. The van der Waals surface area contributed by atoms with Gasteiger partial charge in [-0.05, 0) is 35.9 Å². The van der Waals surface area contributed by atoms with Crippen molar-refractivity contribution in [3.63, 3.8) is 0 Å². The largest absolute Gasteiger partial charge is 0.381 e. The highest BCUT2D eigenvalue weighted by atomic mass is 19.1. The van der Waals surface area contributed by atoms with Crippen LogP contribution in [0.15, 0.2) is 42.5 Å². The van der Waals surface area contributed by atoms with Gasteiger partial charge in [-0.15, -0.1) is 0 Å². The molecule has 0 aliphatic rings. The molecule has 21 heavy (non-hydrogen) atoms. The molecule has 0 radical (unpaired) electrons. The highest BCUT2D eigenvalue weighted by Gasteiger charge is 2.04. The molecule has 2 N–H and O–H groups in total. The van der Waals surface area contributed by atoms with Gasteiger partial charge in [-0.3, -0.25) is 4.79 Å². The summed E-state index contributed by atoms with van der Waals surface area (Å²) in [6, 6.07) is 10.6. The van der Waals surface area contributed by atoms with Crippen LogP contribution in [-0.2, 0) is 17.8 Å². The van der Waals surface area contributed by atoms with Gasteiger partial charge >= 0.3 is 0 Å². The summed E-state index contributed by atoms with van der Waals surface area (Å²) in [5.74, 6) is -0.966. The number of hydrogen-bond donors (Lipinski definition) is 2. The normalized spacial score (nSPS) is 10.2. The van der Waals surface area contributed by atoms with Crippen LogP contribution in [0.25, 0.3) is 0 Å². The number of carbonyl (C=O) groups is 1. The lowest BCUT2D eigenvalue weighted by atomic mass is 10.1. The molecule has 1 amide bonds. The van der Waals surface area contributed by atoms with Crippen LogP contribution in [0.1, 0.15) is 11.1 Å². The number of nitrogens with one attached hydrogen (secondary N) is 2. The summed E-state index contributed by atoms with van der Waals surface area (Å²) < 4.78 is 26.5. The zero-order valence-electron chi connectivity index (χ0n) is 11.6. The van der Waals surface area contributed by atoms with Gasteiger partial charge in [0.2, 0.25) is 5.91 Å². The van der Waals surface area contributed by atoms with Crippen molar-refractivity contribution >= 4 is 11.6 Å². The van der Waals surface area contributed by atoms with Crippen LogP contribution in [0.4, 0.5) is 14.5 Å². The molecule has 3 nitrogen and oxygen atoms in total. The molecule has 0 atom stereocenters. The van der Waals surface area contributed by atoms with Crippen LogP contribution in [-0.4, -0.2) is 13.0 Å². The lowest BCUT2D eigenvalue weighted by molar-refractivity contribution is -0.119. The van der Waals surface area contributed by atoms with Crippen LogP contribution in [0.2, 0.25) is 0 Å².